The molecular formula is C11H10F3NS. The molecule has 0 radical (unpaired) electrons. The van der Waals surface area contributed by atoms with Gasteiger partial charge in [0.25, 0.3) is 0 Å². The minimum absolute atomic E-state index is 0.238. The van der Waals surface area contributed by atoms with E-state index in [-0.39, 0.29) is 10.7 Å². The Kier molecular flexibility index (Phi) is 2.67. The summed E-state index contributed by atoms with van der Waals surface area (Å²) >= 11 is 1.11. The van der Waals surface area contributed by atoms with Gasteiger partial charge >= 0.3 is 6.18 Å². The van der Waals surface area contributed by atoms with Gasteiger partial charge in [0.1, 0.15) is 0 Å². The van der Waals surface area contributed by atoms with Crippen LogP contribution in [0.4, 0.5) is 13.2 Å². The first kappa shape index (κ1) is 11.4. The normalized spacial score (nSPS) is 14.3. The van der Waals surface area contributed by atoms with Crippen molar-refractivity contribution in [1.29, 1.82) is 0 Å². The summed E-state index contributed by atoms with van der Waals surface area (Å²) in [7, 11) is 0. The quantitative estimate of drug-likeness (QED) is 0.809. The molecule has 2 N–H and O–H groups in total. The Morgan fingerprint density at radius 3 is 2.56 bits per heavy atom. The van der Waals surface area contributed by atoms with E-state index in [0.717, 1.165) is 22.3 Å². The SMILES string of the molecule is CC(N)c1cc2cccc(C(F)(F)F)c2s1. The van der Waals surface area contributed by atoms with E-state index >= 15 is 0 Å². The summed E-state index contributed by atoms with van der Waals surface area (Å²) < 4.78 is 38.4. The van der Waals surface area contributed by atoms with E-state index in [2.05, 4.69) is 0 Å². The molecule has 1 aromatic heterocycles. The first-order valence-electron chi connectivity index (χ1n) is 4.75. The Labute approximate surface area is 94.7 Å². The van der Waals surface area contributed by atoms with Crippen LogP contribution in [0.15, 0.2) is 24.3 Å². The van der Waals surface area contributed by atoms with Crippen molar-refractivity contribution in [2.75, 3.05) is 0 Å². The van der Waals surface area contributed by atoms with Gasteiger partial charge in [-0.1, -0.05) is 12.1 Å². The summed E-state index contributed by atoms with van der Waals surface area (Å²) in [5, 5.41) is 0.604. The van der Waals surface area contributed by atoms with E-state index in [4.69, 9.17) is 5.73 Å². The zero-order chi connectivity index (χ0) is 11.9. The van der Waals surface area contributed by atoms with Gasteiger partial charge < -0.3 is 5.73 Å². The number of halogens is 3. The molecule has 2 rings (SSSR count). The van der Waals surface area contributed by atoms with Crippen LogP contribution < -0.4 is 5.73 Å². The van der Waals surface area contributed by atoms with Gasteiger partial charge in [0, 0.05) is 15.6 Å². The van der Waals surface area contributed by atoms with Gasteiger partial charge in [-0.15, -0.1) is 11.3 Å². The molecule has 5 heteroatoms. The predicted octanol–water partition coefficient (Wildman–Crippen LogP) is 3.94. The van der Waals surface area contributed by atoms with Crippen molar-refractivity contribution in [3.05, 3.63) is 34.7 Å². The molecule has 0 saturated carbocycles. The fourth-order valence-corrected chi connectivity index (χ4v) is 2.68. The average molecular weight is 245 g/mol. The minimum atomic E-state index is -4.31. The Morgan fingerprint density at radius 1 is 1.31 bits per heavy atom. The average Bonchev–Trinajstić information content (AvgIpc) is 2.58. The first-order chi connectivity index (χ1) is 7.39. The van der Waals surface area contributed by atoms with Crippen molar-refractivity contribution < 1.29 is 13.2 Å². The minimum Gasteiger partial charge on any atom is -0.324 e. The number of alkyl halides is 3. The summed E-state index contributed by atoms with van der Waals surface area (Å²) in [6.45, 7) is 1.76. The number of hydrogen-bond acceptors (Lipinski definition) is 2. The van der Waals surface area contributed by atoms with E-state index in [1.807, 2.05) is 0 Å². The smallest absolute Gasteiger partial charge is 0.324 e. The number of rotatable bonds is 1. The molecule has 0 amide bonds. The molecule has 0 bridgehead atoms. The van der Waals surface area contributed by atoms with Gasteiger partial charge in [0.2, 0.25) is 0 Å². The maximum Gasteiger partial charge on any atom is 0.417 e. The molecule has 0 aliphatic carbocycles. The van der Waals surface area contributed by atoms with Gasteiger partial charge in [-0.3, -0.25) is 0 Å². The van der Waals surface area contributed by atoms with Gasteiger partial charge in [0.15, 0.2) is 0 Å². The van der Waals surface area contributed by atoms with Crippen LogP contribution in [-0.2, 0) is 6.18 Å². The van der Waals surface area contributed by atoms with Crippen LogP contribution in [-0.4, -0.2) is 0 Å². The molecule has 0 aliphatic rings. The summed E-state index contributed by atoms with van der Waals surface area (Å²) in [5.74, 6) is 0. The molecule has 1 unspecified atom stereocenters. The fraction of sp³-hybridized carbons (Fsp3) is 0.273. The summed E-state index contributed by atoms with van der Waals surface area (Å²) in [5.41, 5.74) is 5.08. The molecule has 1 heterocycles. The van der Waals surface area contributed by atoms with Crippen molar-refractivity contribution in [2.24, 2.45) is 5.73 Å². The van der Waals surface area contributed by atoms with E-state index in [1.165, 1.54) is 6.07 Å². The van der Waals surface area contributed by atoms with E-state index in [0.29, 0.717) is 5.39 Å². The highest BCUT2D eigenvalue weighted by atomic mass is 32.1. The monoisotopic (exact) mass is 245 g/mol. The standard InChI is InChI=1S/C11H10F3NS/c1-6(15)9-5-7-3-2-4-8(10(7)16-9)11(12,13)14/h2-6H,15H2,1H3. The van der Waals surface area contributed by atoms with Crippen LogP contribution in [0.25, 0.3) is 10.1 Å². The molecule has 2 aromatic rings. The van der Waals surface area contributed by atoms with E-state index in [1.54, 1.807) is 19.1 Å². The van der Waals surface area contributed by atoms with Crippen LogP contribution in [0.1, 0.15) is 23.4 Å². The third-order valence-electron chi connectivity index (χ3n) is 2.32. The van der Waals surface area contributed by atoms with Gasteiger partial charge in [-0.2, -0.15) is 13.2 Å². The van der Waals surface area contributed by atoms with Crippen molar-refractivity contribution in [3.8, 4) is 0 Å². The van der Waals surface area contributed by atoms with Crippen LogP contribution in [0.2, 0.25) is 0 Å². The largest absolute Gasteiger partial charge is 0.417 e. The van der Waals surface area contributed by atoms with Crippen LogP contribution >= 0.6 is 11.3 Å². The second-order valence-corrected chi connectivity index (χ2v) is 4.74. The van der Waals surface area contributed by atoms with Gasteiger partial charge in [-0.25, -0.2) is 0 Å². The fourth-order valence-electron chi connectivity index (χ4n) is 1.53. The molecular weight excluding hydrogens is 235 g/mol. The molecule has 0 aliphatic heterocycles. The lowest BCUT2D eigenvalue weighted by molar-refractivity contribution is -0.136. The molecule has 1 aromatic carbocycles. The lowest BCUT2D eigenvalue weighted by Gasteiger charge is -2.06. The van der Waals surface area contributed by atoms with E-state index < -0.39 is 11.7 Å². The highest BCUT2D eigenvalue weighted by Gasteiger charge is 2.33. The Hall–Kier alpha value is -1.07. The van der Waals surface area contributed by atoms with Crippen LogP contribution in [0.3, 0.4) is 0 Å². The van der Waals surface area contributed by atoms with Gasteiger partial charge in [0.05, 0.1) is 5.56 Å². The third-order valence-corrected chi connectivity index (χ3v) is 3.70. The Bertz CT molecular complexity index is 513. The molecule has 86 valence electrons. The number of benzene rings is 1. The zero-order valence-corrected chi connectivity index (χ0v) is 9.32. The molecule has 1 atom stereocenters. The molecule has 0 spiro atoms. The van der Waals surface area contributed by atoms with Gasteiger partial charge in [-0.05, 0) is 24.4 Å². The second kappa shape index (κ2) is 3.75. The number of nitrogens with two attached hydrogens (primary N) is 1. The molecule has 16 heavy (non-hydrogen) atoms. The van der Waals surface area contributed by atoms with Crippen molar-refractivity contribution in [1.82, 2.24) is 0 Å². The topological polar surface area (TPSA) is 26.0 Å². The van der Waals surface area contributed by atoms with Crippen molar-refractivity contribution in [2.45, 2.75) is 19.1 Å². The first-order valence-corrected chi connectivity index (χ1v) is 5.56. The van der Waals surface area contributed by atoms with E-state index in [9.17, 15) is 13.2 Å². The maximum atomic E-state index is 12.7. The highest BCUT2D eigenvalue weighted by molar-refractivity contribution is 7.19. The molecule has 0 saturated heterocycles. The highest BCUT2D eigenvalue weighted by Crippen LogP contribution is 2.39. The van der Waals surface area contributed by atoms with Crippen molar-refractivity contribution in [3.63, 3.8) is 0 Å². The molecule has 1 nitrogen and oxygen atoms in total. The third kappa shape index (κ3) is 1.92. The number of hydrogen-bond donors (Lipinski definition) is 1. The Balaban J connectivity index is 2.68. The predicted molar refractivity (Wildman–Crippen MR) is 59.4 cm³/mol. The lowest BCUT2D eigenvalue weighted by atomic mass is 10.1. The lowest BCUT2D eigenvalue weighted by Crippen LogP contribution is -2.04. The zero-order valence-electron chi connectivity index (χ0n) is 8.51. The van der Waals surface area contributed by atoms with Crippen LogP contribution in [0, 0.1) is 0 Å². The Morgan fingerprint density at radius 2 is 2.00 bits per heavy atom. The summed E-state index contributed by atoms with van der Waals surface area (Å²) in [4.78, 5) is 0.770. The second-order valence-electron chi connectivity index (χ2n) is 3.66. The maximum absolute atomic E-state index is 12.7. The number of fused-ring (bicyclic) bond motifs is 1. The van der Waals surface area contributed by atoms with Crippen LogP contribution in [0.5, 0.6) is 0 Å². The molecule has 0 fully saturated rings. The summed E-state index contributed by atoms with van der Waals surface area (Å²) in [6.07, 6.45) is -4.31. The summed E-state index contributed by atoms with van der Waals surface area (Å²) in [6, 6.07) is 5.68. The number of thiophene rings is 1. The van der Waals surface area contributed by atoms with Crippen molar-refractivity contribution >= 4 is 21.4 Å².